The molecule has 1 aliphatic rings. The first kappa shape index (κ1) is 13.3. The molecule has 0 aromatic rings. The first-order valence-electron chi connectivity index (χ1n) is 5.60. The SMILES string of the molecule is CCC1CCN(CC(Cl)=CCl)C(CN)C1. The van der Waals surface area contributed by atoms with Crippen LogP contribution in [0.5, 0.6) is 0 Å². The second-order valence-electron chi connectivity index (χ2n) is 4.21. The molecule has 2 atom stereocenters. The Hall–Kier alpha value is 0.240. The van der Waals surface area contributed by atoms with E-state index in [0.717, 1.165) is 19.0 Å². The van der Waals surface area contributed by atoms with Crippen LogP contribution in [0.1, 0.15) is 26.2 Å². The van der Waals surface area contributed by atoms with Crippen LogP contribution in [-0.2, 0) is 0 Å². The van der Waals surface area contributed by atoms with Crippen LogP contribution in [0.3, 0.4) is 0 Å². The largest absolute Gasteiger partial charge is 0.329 e. The van der Waals surface area contributed by atoms with Crippen LogP contribution < -0.4 is 5.73 Å². The van der Waals surface area contributed by atoms with Gasteiger partial charge in [-0.1, -0.05) is 36.5 Å². The van der Waals surface area contributed by atoms with Gasteiger partial charge in [-0.25, -0.2) is 0 Å². The van der Waals surface area contributed by atoms with Gasteiger partial charge in [-0.2, -0.15) is 0 Å². The highest BCUT2D eigenvalue weighted by Crippen LogP contribution is 2.25. The zero-order valence-corrected chi connectivity index (χ0v) is 10.8. The van der Waals surface area contributed by atoms with E-state index in [9.17, 15) is 0 Å². The van der Waals surface area contributed by atoms with Crippen LogP contribution in [0.2, 0.25) is 0 Å². The second-order valence-corrected chi connectivity index (χ2v) is 4.92. The number of likely N-dealkylation sites (tertiary alicyclic amines) is 1. The van der Waals surface area contributed by atoms with Crippen molar-refractivity contribution >= 4 is 23.2 Å². The molecule has 1 rings (SSSR count). The van der Waals surface area contributed by atoms with Crippen molar-refractivity contribution in [2.75, 3.05) is 19.6 Å². The monoisotopic (exact) mass is 250 g/mol. The molecule has 1 aliphatic heterocycles. The van der Waals surface area contributed by atoms with Crippen LogP contribution in [0.15, 0.2) is 10.6 Å². The van der Waals surface area contributed by atoms with Crippen LogP contribution in [0.25, 0.3) is 0 Å². The minimum absolute atomic E-state index is 0.467. The van der Waals surface area contributed by atoms with Gasteiger partial charge in [0.2, 0.25) is 0 Å². The molecule has 2 unspecified atom stereocenters. The molecule has 2 nitrogen and oxygen atoms in total. The first-order chi connectivity index (χ1) is 7.21. The Balaban J connectivity index is 2.50. The van der Waals surface area contributed by atoms with Gasteiger partial charge in [-0.3, -0.25) is 4.90 Å². The molecule has 0 amide bonds. The smallest absolute Gasteiger partial charge is 0.0434 e. The molecule has 0 radical (unpaired) electrons. The maximum absolute atomic E-state index is 5.94. The summed E-state index contributed by atoms with van der Waals surface area (Å²) in [6.45, 7) is 4.78. The maximum Gasteiger partial charge on any atom is 0.0434 e. The molecule has 1 heterocycles. The molecule has 15 heavy (non-hydrogen) atoms. The zero-order chi connectivity index (χ0) is 11.3. The van der Waals surface area contributed by atoms with Gasteiger partial charge in [0.25, 0.3) is 0 Å². The zero-order valence-electron chi connectivity index (χ0n) is 9.26. The van der Waals surface area contributed by atoms with Crippen molar-refractivity contribution in [3.05, 3.63) is 10.6 Å². The number of piperidine rings is 1. The van der Waals surface area contributed by atoms with Crippen molar-refractivity contribution < 1.29 is 0 Å². The van der Waals surface area contributed by atoms with Crippen molar-refractivity contribution in [3.63, 3.8) is 0 Å². The number of halogens is 2. The highest BCUT2D eigenvalue weighted by Gasteiger charge is 2.26. The van der Waals surface area contributed by atoms with E-state index in [4.69, 9.17) is 28.9 Å². The van der Waals surface area contributed by atoms with E-state index in [0.29, 0.717) is 17.6 Å². The number of nitrogens with zero attached hydrogens (tertiary/aromatic N) is 1. The summed E-state index contributed by atoms with van der Waals surface area (Å²) in [5.41, 5.74) is 7.24. The van der Waals surface area contributed by atoms with Gasteiger partial charge < -0.3 is 5.73 Å². The first-order valence-corrected chi connectivity index (χ1v) is 6.41. The Bertz CT molecular complexity index is 219. The lowest BCUT2D eigenvalue weighted by Gasteiger charge is -2.38. The summed E-state index contributed by atoms with van der Waals surface area (Å²) in [5.74, 6) is 0.827. The van der Waals surface area contributed by atoms with Gasteiger partial charge in [-0.15, -0.1) is 0 Å². The Kier molecular flexibility index (Phi) is 5.98. The molecule has 0 spiro atoms. The number of hydrogen-bond donors (Lipinski definition) is 1. The fraction of sp³-hybridized carbons (Fsp3) is 0.818. The lowest BCUT2D eigenvalue weighted by Crippen LogP contribution is -2.46. The Labute approximate surface area is 102 Å². The van der Waals surface area contributed by atoms with E-state index in [1.165, 1.54) is 24.8 Å². The molecule has 0 aromatic carbocycles. The van der Waals surface area contributed by atoms with Gasteiger partial charge in [0, 0.05) is 29.7 Å². The van der Waals surface area contributed by atoms with Crippen molar-refractivity contribution in [1.82, 2.24) is 4.90 Å². The van der Waals surface area contributed by atoms with Gasteiger partial charge in [-0.05, 0) is 25.3 Å². The Morgan fingerprint density at radius 3 is 2.87 bits per heavy atom. The van der Waals surface area contributed by atoms with Crippen molar-refractivity contribution in [3.8, 4) is 0 Å². The van der Waals surface area contributed by atoms with Crippen LogP contribution >= 0.6 is 23.2 Å². The third-order valence-electron chi connectivity index (χ3n) is 3.27. The lowest BCUT2D eigenvalue weighted by molar-refractivity contribution is 0.127. The third-order valence-corrected chi connectivity index (χ3v) is 3.87. The second kappa shape index (κ2) is 6.74. The quantitative estimate of drug-likeness (QED) is 0.832. The molecule has 1 fully saturated rings. The van der Waals surface area contributed by atoms with Gasteiger partial charge in [0.1, 0.15) is 0 Å². The molecular weight excluding hydrogens is 231 g/mol. The molecule has 1 saturated heterocycles. The molecule has 2 N–H and O–H groups in total. The molecule has 88 valence electrons. The van der Waals surface area contributed by atoms with Gasteiger partial charge in [0.15, 0.2) is 0 Å². The number of rotatable bonds is 4. The van der Waals surface area contributed by atoms with Crippen molar-refractivity contribution in [2.24, 2.45) is 11.7 Å². The van der Waals surface area contributed by atoms with E-state index in [2.05, 4.69) is 11.8 Å². The Morgan fingerprint density at radius 1 is 1.60 bits per heavy atom. The highest BCUT2D eigenvalue weighted by atomic mass is 35.5. The average Bonchev–Trinajstić information content (AvgIpc) is 2.29. The average molecular weight is 251 g/mol. The normalized spacial score (nSPS) is 29.5. The van der Waals surface area contributed by atoms with Gasteiger partial charge >= 0.3 is 0 Å². The minimum atomic E-state index is 0.467. The number of hydrogen-bond acceptors (Lipinski definition) is 2. The molecule has 4 heteroatoms. The van der Waals surface area contributed by atoms with E-state index < -0.39 is 0 Å². The van der Waals surface area contributed by atoms with Crippen LogP contribution in [0, 0.1) is 5.92 Å². The summed E-state index contributed by atoms with van der Waals surface area (Å²) in [7, 11) is 0. The summed E-state index contributed by atoms with van der Waals surface area (Å²) >= 11 is 11.5. The molecular formula is C11H20Cl2N2. The number of nitrogens with two attached hydrogens (primary N) is 1. The minimum Gasteiger partial charge on any atom is -0.329 e. The predicted molar refractivity (Wildman–Crippen MR) is 67.2 cm³/mol. The van der Waals surface area contributed by atoms with E-state index >= 15 is 0 Å². The van der Waals surface area contributed by atoms with Crippen LogP contribution in [-0.4, -0.2) is 30.6 Å². The fourth-order valence-electron chi connectivity index (χ4n) is 2.24. The fourth-order valence-corrected chi connectivity index (χ4v) is 2.46. The summed E-state index contributed by atoms with van der Waals surface area (Å²) in [6.07, 6.45) is 3.70. The summed E-state index contributed by atoms with van der Waals surface area (Å²) in [4.78, 5) is 2.34. The van der Waals surface area contributed by atoms with Crippen LogP contribution in [0.4, 0.5) is 0 Å². The molecule has 0 bridgehead atoms. The lowest BCUT2D eigenvalue weighted by atomic mass is 9.89. The molecule has 0 saturated carbocycles. The summed E-state index contributed by atoms with van der Waals surface area (Å²) < 4.78 is 0. The van der Waals surface area contributed by atoms with Crippen molar-refractivity contribution in [1.29, 1.82) is 0 Å². The van der Waals surface area contributed by atoms with E-state index in [-0.39, 0.29) is 0 Å². The molecule has 0 aromatic heterocycles. The topological polar surface area (TPSA) is 29.3 Å². The molecule has 0 aliphatic carbocycles. The van der Waals surface area contributed by atoms with E-state index in [1.807, 2.05) is 0 Å². The standard InChI is InChI=1S/C11H20Cl2N2/c1-2-9-3-4-15(8-10(13)6-12)11(5-9)7-14/h6,9,11H,2-5,7-8,14H2,1H3. The van der Waals surface area contributed by atoms with E-state index in [1.54, 1.807) is 0 Å². The highest BCUT2D eigenvalue weighted by molar-refractivity contribution is 6.36. The summed E-state index contributed by atoms with van der Waals surface area (Å²) in [5, 5.41) is 0.699. The third kappa shape index (κ3) is 3.95. The van der Waals surface area contributed by atoms with Crippen molar-refractivity contribution in [2.45, 2.75) is 32.2 Å². The van der Waals surface area contributed by atoms with Gasteiger partial charge in [0.05, 0.1) is 0 Å². The summed E-state index contributed by atoms with van der Waals surface area (Å²) in [6, 6.07) is 0.467. The predicted octanol–water partition coefficient (Wildman–Crippen LogP) is 2.75. The maximum atomic E-state index is 5.94. The Morgan fingerprint density at radius 2 is 2.33 bits per heavy atom.